The number of rotatable bonds is 10. The maximum atomic E-state index is 12.5. The molecule has 2 aromatic rings. The smallest absolute Gasteiger partial charge is 0.242 e. The van der Waals surface area contributed by atoms with Crippen molar-refractivity contribution in [1.82, 2.24) is 25.1 Å². The summed E-state index contributed by atoms with van der Waals surface area (Å²) in [5, 5.41) is 7.14. The monoisotopic (exact) mass is 480 g/mol. The van der Waals surface area contributed by atoms with Crippen molar-refractivity contribution in [1.29, 1.82) is 0 Å². The molecule has 2 N–H and O–H groups in total. The summed E-state index contributed by atoms with van der Waals surface area (Å²) in [4.78, 5) is 27.3. The molecule has 7 heteroatoms. The third-order valence-electron chi connectivity index (χ3n) is 7.78. The van der Waals surface area contributed by atoms with Crippen LogP contribution in [0.25, 0.3) is 10.9 Å². The lowest BCUT2D eigenvalue weighted by Gasteiger charge is -2.34. The largest absolute Gasteiger partial charge is 0.358 e. The molecule has 2 fully saturated rings. The lowest BCUT2D eigenvalue weighted by molar-refractivity contribution is -0.122. The first-order valence-electron chi connectivity index (χ1n) is 13.7. The van der Waals surface area contributed by atoms with Crippen molar-refractivity contribution in [2.75, 3.05) is 45.1 Å². The molecule has 35 heavy (non-hydrogen) atoms. The van der Waals surface area contributed by atoms with Crippen LogP contribution < -0.4 is 10.6 Å². The molecule has 0 spiro atoms. The number of carbonyl (C=O) groups excluding carboxylic acids is 1. The van der Waals surface area contributed by atoms with Gasteiger partial charge in [-0.15, -0.1) is 0 Å². The fraction of sp³-hybridized carbons (Fsp3) is 0.679. The van der Waals surface area contributed by atoms with E-state index in [9.17, 15) is 4.79 Å². The van der Waals surface area contributed by atoms with E-state index in [4.69, 9.17) is 9.97 Å². The second kappa shape index (κ2) is 12.6. The predicted molar refractivity (Wildman–Crippen MR) is 143 cm³/mol. The van der Waals surface area contributed by atoms with Gasteiger partial charge in [0.05, 0.1) is 12.1 Å². The van der Waals surface area contributed by atoms with Crippen LogP contribution in [0.2, 0.25) is 0 Å². The van der Waals surface area contributed by atoms with Gasteiger partial charge in [-0.05, 0) is 43.4 Å². The van der Waals surface area contributed by atoms with Gasteiger partial charge in [0, 0.05) is 38.6 Å². The number of nitrogens with zero attached hydrogens (tertiary/aromatic N) is 4. The Bertz CT molecular complexity index is 950. The first kappa shape index (κ1) is 25.8. The molecule has 1 saturated heterocycles. The van der Waals surface area contributed by atoms with Gasteiger partial charge in [-0.25, -0.2) is 9.97 Å². The number of piperazine rings is 1. The highest BCUT2D eigenvalue weighted by molar-refractivity contribution is 5.92. The van der Waals surface area contributed by atoms with E-state index < -0.39 is 0 Å². The van der Waals surface area contributed by atoms with Crippen LogP contribution in [-0.2, 0) is 11.3 Å². The van der Waals surface area contributed by atoms with E-state index >= 15 is 0 Å². The number of benzene rings is 1. The number of para-hydroxylation sites is 1. The molecule has 0 bridgehead atoms. The molecule has 4 rings (SSSR count). The summed E-state index contributed by atoms with van der Waals surface area (Å²) >= 11 is 0. The molecule has 1 aromatic heterocycles. The normalized spacial score (nSPS) is 19.2. The maximum Gasteiger partial charge on any atom is 0.242 e. The summed E-state index contributed by atoms with van der Waals surface area (Å²) in [7, 11) is 1.68. The van der Waals surface area contributed by atoms with E-state index in [0.29, 0.717) is 0 Å². The predicted octanol–water partition coefficient (Wildman–Crippen LogP) is 4.29. The van der Waals surface area contributed by atoms with Crippen LogP contribution in [0, 0.1) is 11.8 Å². The molecule has 2 aliphatic rings. The molecule has 0 radical (unpaired) electrons. The van der Waals surface area contributed by atoms with E-state index in [1.165, 1.54) is 51.5 Å². The Kier molecular flexibility index (Phi) is 9.32. The van der Waals surface area contributed by atoms with E-state index in [0.717, 1.165) is 61.2 Å². The molecule has 0 unspecified atom stereocenters. The zero-order valence-electron chi connectivity index (χ0n) is 21.9. The Morgan fingerprint density at radius 1 is 1.03 bits per heavy atom. The highest BCUT2D eigenvalue weighted by atomic mass is 16.2. The van der Waals surface area contributed by atoms with E-state index in [-0.39, 0.29) is 17.9 Å². The second-order valence-electron chi connectivity index (χ2n) is 10.7. The summed E-state index contributed by atoms with van der Waals surface area (Å²) in [6, 6.07) is 7.71. The molecule has 1 aliphatic carbocycles. The van der Waals surface area contributed by atoms with Crippen molar-refractivity contribution in [3.8, 4) is 0 Å². The zero-order valence-corrected chi connectivity index (χ0v) is 21.9. The van der Waals surface area contributed by atoms with Crippen LogP contribution in [-0.4, -0.2) is 71.5 Å². The van der Waals surface area contributed by atoms with Crippen molar-refractivity contribution < 1.29 is 4.79 Å². The summed E-state index contributed by atoms with van der Waals surface area (Å²) in [6.45, 7) is 10.4. The molecule has 1 aromatic carbocycles. The van der Waals surface area contributed by atoms with Gasteiger partial charge in [-0.1, -0.05) is 58.1 Å². The van der Waals surface area contributed by atoms with Crippen LogP contribution >= 0.6 is 0 Å². The average molecular weight is 481 g/mol. The molecular formula is C28H44N6O. The number of hydrogen-bond donors (Lipinski definition) is 2. The molecule has 1 saturated carbocycles. The topological polar surface area (TPSA) is 73.4 Å². The van der Waals surface area contributed by atoms with E-state index in [1.807, 2.05) is 38.1 Å². The van der Waals surface area contributed by atoms with Crippen LogP contribution in [0.1, 0.15) is 64.6 Å². The van der Waals surface area contributed by atoms with Crippen molar-refractivity contribution in [3.63, 3.8) is 0 Å². The quantitative estimate of drug-likeness (QED) is 0.529. The number of amides is 1. The van der Waals surface area contributed by atoms with Gasteiger partial charge in [0.15, 0.2) is 0 Å². The van der Waals surface area contributed by atoms with Crippen molar-refractivity contribution >= 4 is 22.6 Å². The van der Waals surface area contributed by atoms with Crippen LogP contribution in [0.4, 0.5) is 5.82 Å². The lowest BCUT2D eigenvalue weighted by atomic mass is 9.86. The number of nitrogens with one attached hydrogen (secondary N) is 2. The minimum atomic E-state index is -0.344. The summed E-state index contributed by atoms with van der Waals surface area (Å²) in [5.74, 6) is 2.66. The number of aromatic nitrogens is 2. The molecule has 1 aliphatic heterocycles. The van der Waals surface area contributed by atoms with Gasteiger partial charge in [0.25, 0.3) is 0 Å². The van der Waals surface area contributed by atoms with E-state index in [1.54, 1.807) is 7.05 Å². The third-order valence-corrected chi connectivity index (χ3v) is 7.78. The Labute approximate surface area is 211 Å². The Morgan fingerprint density at radius 2 is 1.74 bits per heavy atom. The highest BCUT2D eigenvalue weighted by Gasteiger charge is 2.24. The van der Waals surface area contributed by atoms with Gasteiger partial charge in [0.1, 0.15) is 17.7 Å². The van der Waals surface area contributed by atoms with Gasteiger partial charge < -0.3 is 15.5 Å². The standard InChI is InChI=1S/C28H44N6O/c1-21(2)26(28(35)29-3)32-27-23-13-7-8-14-24(23)30-25(31-27)20-34-18-16-33(17-19-34)15-9-12-22-10-5-4-6-11-22/h7-8,13-14,21-22,26H,4-6,9-12,15-20H2,1-3H3,(H,29,35)(H,30,31,32)/t26-/m0/s1. The number of likely N-dealkylation sites (N-methyl/N-ethyl adjacent to an activating group) is 1. The van der Waals surface area contributed by atoms with Crippen molar-refractivity contribution in [2.24, 2.45) is 11.8 Å². The summed E-state index contributed by atoms with van der Waals surface area (Å²) in [5.41, 5.74) is 0.917. The van der Waals surface area contributed by atoms with Crippen LogP contribution in [0.3, 0.4) is 0 Å². The number of carbonyl (C=O) groups is 1. The minimum absolute atomic E-state index is 0.0242. The second-order valence-corrected chi connectivity index (χ2v) is 10.7. The first-order chi connectivity index (χ1) is 17.0. The highest BCUT2D eigenvalue weighted by Crippen LogP contribution is 2.27. The molecule has 1 amide bonds. The number of hydrogen-bond acceptors (Lipinski definition) is 6. The zero-order chi connectivity index (χ0) is 24.6. The fourth-order valence-corrected chi connectivity index (χ4v) is 5.59. The molecular weight excluding hydrogens is 436 g/mol. The third kappa shape index (κ3) is 7.14. The molecule has 2 heterocycles. The molecule has 7 nitrogen and oxygen atoms in total. The maximum absolute atomic E-state index is 12.5. The molecule has 1 atom stereocenters. The number of anilines is 1. The SMILES string of the molecule is CNC(=O)[C@@H](Nc1nc(CN2CCN(CCCC3CCCCC3)CC2)nc2ccccc12)C(C)C. The Hall–Kier alpha value is -2.25. The van der Waals surface area contributed by atoms with Gasteiger partial charge >= 0.3 is 0 Å². The first-order valence-corrected chi connectivity index (χ1v) is 13.7. The summed E-state index contributed by atoms with van der Waals surface area (Å²) in [6.07, 6.45) is 10.0. The van der Waals surface area contributed by atoms with Crippen molar-refractivity contribution in [3.05, 3.63) is 30.1 Å². The van der Waals surface area contributed by atoms with Gasteiger partial charge in [-0.2, -0.15) is 0 Å². The van der Waals surface area contributed by atoms with Crippen molar-refractivity contribution in [2.45, 2.75) is 71.4 Å². The Balaban J connectivity index is 1.35. The van der Waals surface area contributed by atoms with Gasteiger partial charge in [-0.3, -0.25) is 9.69 Å². The van der Waals surface area contributed by atoms with Gasteiger partial charge in [0.2, 0.25) is 5.91 Å². The average Bonchev–Trinajstić information content (AvgIpc) is 2.88. The lowest BCUT2D eigenvalue weighted by Crippen LogP contribution is -2.46. The number of fused-ring (bicyclic) bond motifs is 1. The van der Waals surface area contributed by atoms with Crippen LogP contribution in [0.5, 0.6) is 0 Å². The Morgan fingerprint density at radius 3 is 2.46 bits per heavy atom. The van der Waals surface area contributed by atoms with Crippen LogP contribution in [0.15, 0.2) is 24.3 Å². The molecule has 192 valence electrons. The van der Waals surface area contributed by atoms with E-state index in [2.05, 4.69) is 20.4 Å². The summed E-state index contributed by atoms with van der Waals surface area (Å²) < 4.78 is 0. The minimum Gasteiger partial charge on any atom is -0.358 e. The fourth-order valence-electron chi connectivity index (χ4n) is 5.59.